The first-order chi connectivity index (χ1) is 10.2. The Kier molecular flexibility index (Phi) is 4.15. The Morgan fingerprint density at radius 3 is 2.90 bits per heavy atom. The van der Waals surface area contributed by atoms with E-state index in [1.165, 1.54) is 11.3 Å². The van der Waals surface area contributed by atoms with Gasteiger partial charge < -0.3 is 10.2 Å². The minimum absolute atomic E-state index is 0.130. The van der Waals surface area contributed by atoms with Gasteiger partial charge in [0.1, 0.15) is 0 Å². The third-order valence-electron chi connectivity index (χ3n) is 3.68. The number of aromatic nitrogens is 1. The number of benzene rings is 1. The second kappa shape index (κ2) is 6.22. The summed E-state index contributed by atoms with van der Waals surface area (Å²) in [7, 11) is 0. The van der Waals surface area contributed by atoms with Crippen LogP contribution in [-0.2, 0) is 4.79 Å². The number of nitrogens with zero attached hydrogens (tertiary/aromatic N) is 2. The van der Waals surface area contributed by atoms with Crippen LogP contribution in [0.15, 0.2) is 23.7 Å². The molecule has 1 N–H and O–H groups in total. The summed E-state index contributed by atoms with van der Waals surface area (Å²) in [6, 6.07) is 5.44. The van der Waals surface area contributed by atoms with E-state index in [0.29, 0.717) is 18.5 Å². The summed E-state index contributed by atoms with van der Waals surface area (Å²) in [5.74, 6) is -0.00905. The summed E-state index contributed by atoms with van der Waals surface area (Å²) in [5.41, 5.74) is 3.28. The van der Waals surface area contributed by atoms with Crippen LogP contribution < -0.4 is 5.32 Å². The van der Waals surface area contributed by atoms with Crippen LogP contribution in [0.2, 0.25) is 0 Å². The monoisotopic (exact) mass is 303 g/mol. The molecule has 0 unspecified atom stereocenters. The molecule has 0 saturated carbocycles. The highest BCUT2D eigenvalue weighted by Gasteiger charge is 2.17. The lowest BCUT2D eigenvalue weighted by atomic mass is 10.2. The van der Waals surface area contributed by atoms with Crippen molar-refractivity contribution in [3.63, 3.8) is 0 Å². The van der Waals surface area contributed by atoms with Crippen molar-refractivity contribution in [3.8, 4) is 0 Å². The standard InChI is InChI=1S/C15H17N3O2S/c19-14(18-7-1-2-8-18)5-6-16-15(20)11-3-4-12-13(9-11)21-10-17-12/h3-4,9-10H,1-2,5-8H2,(H,16,20). The molecule has 21 heavy (non-hydrogen) atoms. The van der Waals surface area contributed by atoms with Crippen LogP contribution in [0.25, 0.3) is 10.2 Å². The van der Waals surface area contributed by atoms with Gasteiger partial charge in [0, 0.05) is 31.6 Å². The van der Waals surface area contributed by atoms with Crippen LogP contribution in [-0.4, -0.2) is 41.3 Å². The Balaban J connectivity index is 1.52. The second-order valence-electron chi connectivity index (χ2n) is 5.13. The molecule has 0 atom stereocenters. The Bertz CT molecular complexity index is 662. The van der Waals surface area contributed by atoms with E-state index in [0.717, 1.165) is 36.1 Å². The van der Waals surface area contributed by atoms with Gasteiger partial charge in [-0.2, -0.15) is 0 Å². The first-order valence-corrected chi connectivity index (χ1v) is 8.01. The van der Waals surface area contributed by atoms with Crippen molar-refractivity contribution < 1.29 is 9.59 Å². The third-order valence-corrected chi connectivity index (χ3v) is 4.47. The van der Waals surface area contributed by atoms with Crippen molar-refractivity contribution in [2.24, 2.45) is 0 Å². The predicted octanol–water partition coefficient (Wildman–Crippen LogP) is 2.04. The normalized spacial score (nSPS) is 14.6. The topological polar surface area (TPSA) is 62.3 Å². The van der Waals surface area contributed by atoms with E-state index in [1.54, 1.807) is 11.6 Å². The fraction of sp³-hybridized carbons (Fsp3) is 0.400. The van der Waals surface area contributed by atoms with E-state index < -0.39 is 0 Å². The number of carbonyl (C=O) groups excluding carboxylic acids is 2. The average molecular weight is 303 g/mol. The van der Waals surface area contributed by atoms with Crippen LogP contribution in [0.5, 0.6) is 0 Å². The van der Waals surface area contributed by atoms with Gasteiger partial charge in [0.15, 0.2) is 0 Å². The Morgan fingerprint density at radius 1 is 1.29 bits per heavy atom. The van der Waals surface area contributed by atoms with Gasteiger partial charge in [-0.05, 0) is 31.0 Å². The van der Waals surface area contributed by atoms with Crippen molar-refractivity contribution in [2.45, 2.75) is 19.3 Å². The molecule has 1 saturated heterocycles. The molecule has 110 valence electrons. The molecule has 2 heterocycles. The van der Waals surface area contributed by atoms with E-state index in [2.05, 4.69) is 10.3 Å². The summed E-state index contributed by atoms with van der Waals surface area (Å²) < 4.78 is 0.996. The SMILES string of the molecule is O=C(NCCC(=O)N1CCCC1)c1ccc2ncsc2c1. The van der Waals surface area contributed by atoms with Gasteiger partial charge in [-0.1, -0.05) is 0 Å². The molecule has 6 heteroatoms. The molecule has 1 aromatic carbocycles. The number of likely N-dealkylation sites (tertiary alicyclic amines) is 1. The number of nitrogens with one attached hydrogen (secondary N) is 1. The molecule has 1 aliphatic rings. The molecule has 0 spiro atoms. The summed E-state index contributed by atoms with van der Waals surface area (Å²) in [6.07, 6.45) is 2.55. The molecule has 1 fully saturated rings. The minimum atomic E-state index is -0.139. The smallest absolute Gasteiger partial charge is 0.251 e. The van der Waals surface area contributed by atoms with Gasteiger partial charge in [0.05, 0.1) is 15.7 Å². The average Bonchev–Trinajstić information content (AvgIpc) is 3.17. The molecule has 1 aliphatic heterocycles. The maximum Gasteiger partial charge on any atom is 0.251 e. The van der Waals surface area contributed by atoms with Gasteiger partial charge in [-0.15, -0.1) is 11.3 Å². The largest absolute Gasteiger partial charge is 0.352 e. The summed E-state index contributed by atoms with van der Waals surface area (Å²) in [6.45, 7) is 2.10. The fourth-order valence-electron chi connectivity index (χ4n) is 2.51. The molecule has 0 bridgehead atoms. The highest BCUT2D eigenvalue weighted by Crippen LogP contribution is 2.19. The molecule has 2 amide bonds. The molecule has 3 rings (SSSR count). The van der Waals surface area contributed by atoms with E-state index in [9.17, 15) is 9.59 Å². The van der Waals surface area contributed by atoms with Gasteiger partial charge in [-0.25, -0.2) is 4.98 Å². The molecule has 0 radical (unpaired) electrons. The highest BCUT2D eigenvalue weighted by molar-refractivity contribution is 7.16. The van der Waals surface area contributed by atoms with Crippen molar-refractivity contribution in [3.05, 3.63) is 29.3 Å². The lowest BCUT2D eigenvalue weighted by molar-refractivity contribution is -0.129. The van der Waals surface area contributed by atoms with Crippen LogP contribution >= 0.6 is 11.3 Å². The molecule has 0 aliphatic carbocycles. The number of carbonyl (C=O) groups is 2. The molecule has 1 aromatic heterocycles. The minimum Gasteiger partial charge on any atom is -0.352 e. The third kappa shape index (κ3) is 3.21. The summed E-state index contributed by atoms with van der Waals surface area (Å²) in [5, 5.41) is 2.81. The predicted molar refractivity (Wildman–Crippen MR) is 82.4 cm³/mol. The van der Waals surface area contributed by atoms with Crippen LogP contribution in [0.1, 0.15) is 29.6 Å². The zero-order chi connectivity index (χ0) is 14.7. The van der Waals surface area contributed by atoms with E-state index >= 15 is 0 Å². The number of hydrogen-bond donors (Lipinski definition) is 1. The van der Waals surface area contributed by atoms with E-state index in [-0.39, 0.29) is 11.8 Å². The lowest BCUT2D eigenvalue weighted by Crippen LogP contribution is -2.32. The Morgan fingerprint density at radius 2 is 2.10 bits per heavy atom. The molecule has 2 aromatic rings. The Hall–Kier alpha value is -1.95. The number of amides is 2. The van der Waals surface area contributed by atoms with Crippen molar-refractivity contribution in [2.75, 3.05) is 19.6 Å². The number of thiazole rings is 1. The highest BCUT2D eigenvalue weighted by atomic mass is 32.1. The number of rotatable bonds is 4. The van der Waals surface area contributed by atoms with Crippen molar-refractivity contribution >= 4 is 33.4 Å². The van der Waals surface area contributed by atoms with E-state index in [4.69, 9.17) is 0 Å². The zero-order valence-corrected chi connectivity index (χ0v) is 12.5. The Labute approximate surface area is 127 Å². The summed E-state index contributed by atoms with van der Waals surface area (Å²) in [4.78, 5) is 30.0. The fourth-order valence-corrected chi connectivity index (χ4v) is 3.22. The van der Waals surface area contributed by atoms with Crippen LogP contribution in [0, 0.1) is 0 Å². The lowest BCUT2D eigenvalue weighted by Gasteiger charge is -2.15. The van der Waals surface area contributed by atoms with Gasteiger partial charge in [-0.3, -0.25) is 9.59 Å². The zero-order valence-electron chi connectivity index (χ0n) is 11.7. The van der Waals surface area contributed by atoms with Crippen molar-refractivity contribution in [1.29, 1.82) is 0 Å². The van der Waals surface area contributed by atoms with Gasteiger partial charge in [0.2, 0.25) is 5.91 Å². The first-order valence-electron chi connectivity index (χ1n) is 7.13. The maximum atomic E-state index is 12.1. The number of hydrogen-bond acceptors (Lipinski definition) is 4. The van der Waals surface area contributed by atoms with E-state index in [1.807, 2.05) is 17.0 Å². The van der Waals surface area contributed by atoms with Gasteiger partial charge >= 0.3 is 0 Å². The maximum absolute atomic E-state index is 12.1. The second-order valence-corrected chi connectivity index (χ2v) is 6.02. The van der Waals surface area contributed by atoms with Gasteiger partial charge in [0.25, 0.3) is 5.91 Å². The number of fused-ring (bicyclic) bond motifs is 1. The van der Waals surface area contributed by atoms with Crippen molar-refractivity contribution in [1.82, 2.24) is 15.2 Å². The molecular formula is C15H17N3O2S. The first kappa shape index (κ1) is 14.0. The van der Waals surface area contributed by atoms with Crippen LogP contribution in [0.3, 0.4) is 0 Å². The summed E-state index contributed by atoms with van der Waals surface area (Å²) >= 11 is 1.51. The molecule has 5 nitrogen and oxygen atoms in total. The quantitative estimate of drug-likeness (QED) is 0.940. The van der Waals surface area contributed by atoms with Crippen LogP contribution in [0.4, 0.5) is 0 Å². The molecular weight excluding hydrogens is 286 g/mol.